The number of rotatable bonds is 4. The third-order valence-corrected chi connectivity index (χ3v) is 1.92. The third kappa shape index (κ3) is 3.62. The quantitative estimate of drug-likeness (QED) is 0.698. The molecule has 3 heteroatoms. The van der Waals surface area contributed by atoms with Crippen LogP contribution in [-0.2, 0) is 11.2 Å². The normalized spacial score (nSPS) is 10.9. The summed E-state index contributed by atoms with van der Waals surface area (Å²) >= 11 is 0. The van der Waals surface area contributed by atoms with Crippen molar-refractivity contribution in [1.82, 2.24) is 0 Å². The van der Waals surface area contributed by atoms with Crippen LogP contribution in [0.15, 0.2) is 30.4 Å². The Kier molecular flexibility index (Phi) is 4.16. The average Bonchev–Trinajstić information content (AvgIpc) is 2.19. The topological polar surface area (TPSA) is 17.1 Å². The van der Waals surface area contributed by atoms with Crippen LogP contribution in [0.5, 0.6) is 0 Å². The Labute approximate surface area is 87.4 Å². The van der Waals surface area contributed by atoms with Gasteiger partial charge in [0.25, 0.3) is 0 Å². The summed E-state index contributed by atoms with van der Waals surface area (Å²) in [6, 6.07) is 3.23. The predicted molar refractivity (Wildman–Crippen MR) is 54.5 cm³/mol. The highest BCUT2D eigenvalue weighted by atomic mass is 19.1. The molecule has 0 unspecified atom stereocenters. The number of allylic oxidation sites excluding steroid dienone is 2. The molecule has 1 aromatic rings. The van der Waals surface area contributed by atoms with E-state index < -0.39 is 11.6 Å². The summed E-state index contributed by atoms with van der Waals surface area (Å²) in [5, 5.41) is 0. The molecule has 0 spiro atoms. The van der Waals surface area contributed by atoms with Gasteiger partial charge in [0, 0.05) is 12.5 Å². The van der Waals surface area contributed by atoms with Crippen molar-refractivity contribution in [1.29, 1.82) is 0 Å². The number of halogens is 2. The van der Waals surface area contributed by atoms with E-state index in [0.29, 0.717) is 0 Å². The lowest BCUT2D eigenvalue weighted by atomic mass is 10.1. The van der Waals surface area contributed by atoms with Crippen LogP contribution in [0.25, 0.3) is 0 Å². The monoisotopic (exact) mass is 210 g/mol. The zero-order valence-electron chi connectivity index (χ0n) is 8.47. The van der Waals surface area contributed by atoms with Crippen LogP contribution in [-0.4, -0.2) is 5.78 Å². The van der Waals surface area contributed by atoms with E-state index in [4.69, 9.17) is 0 Å². The maximum Gasteiger partial charge on any atom is 0.159 e. The molecule has 15 heavy (non-hydrogen) atoms. The second-order valence-electron chi connectivity index (χ2n) is 3.19. The minimum Gasteiger partial charge on any atom is -0.294 e. The Balaban J connectivity index is 2.72. The summed E-state index contributed by atoms with van der Waals surface area (Å²) < 4.78 is 25.7. The number of carbonyl (C=O) groups excluding carboxylic acids is 1. The molecule has 0 N–H and O–H groups in total. The van der Waals surface area contributed by atoms with Crippen LogP contribution in [0.2, 0.25) is 0 Å². The minimum atomic E-state index is -0.673. The maximum absolute atomic E-state index is 13.1. The average molecular weight is 210 g/mol. The molecular formula is C12H12F2O. The van der Waals surface area contributed by atoms with Crippen LogP contribution >= 0.6 is 0 Å². The highest BCUT2D eigenvalue weighted by Crippen LogP contribution is 2.10. The third-order valence-electron chi connectivity index (χ3n) is 1.92. The van der Waals surface area contributed by atoms with E-state index in [2.05, 4.69) is 0 Å². The van der Waals surface area contributed by atoms with Gasteiger partial charge in [0.2, 0.25) is 0 Å². The number of hydrogen-bond acceptors (Lipinski definition) is 1. The molecule has 80 valence electrons. The predicted octanol–water partition coefficient (Wildman–Crippen LogP) is 3.04. The van der Waals surface area contributed by atoms with E-state index in [-0.39, 0.29) is 17.8 Å². The molecule has 0 atom stereocenters. The molecule has 0 fully saturated rings. The van der Waals surface area contributed by atoms with Crippen molar-refractivity contribution in [3.8, 4) is 0 Å². The molecule has 0 saturated heterocycles. The fourth-order valence-electron chi connectivity index (χ4n) is 1.16. The lowest BCUT2D eigenvalue weighted by Crippen LogP contribution is -2.01. The molecule has 0 aliphatic rings. The Hall–Kier alpha value is -1.51. The summed E-state index contributed by atoms with van der Waals surface area (Å²) in [5.74, 6) is -1.48. The van der Waals surface area contributed by atoms with Gasteiger partial charge in [-0.1, -0.05) is 19.1 Å². The second kappa shape index (κ2) is 5.39. The standard InChI is InChI=1S/C12H12F2O/c1-2-3-4-11(15)7-9-5-6-10(13)8-12(9)14/h3-6,8H,2,7H2,1H3/b4-3+. The van der Waals surface area contributed by atoms with Gasteiger partial charge in [0.15, 0.2) is 5.78 Å². The molecule has 0 aromatic heterocycles. The second-order valence-corrected chi connectivity index (χ2v) is 3.19. The molecule has 0 bridgehead atoms. The smallest absolute Gasteiger partial charge is 0.159 e. The van der Waals surface area contributed by atoms with Gasteiger partial charge in [0.05, 0.1) is 0 Å². The molecule has 1 rings (SSSR count). The number of hydrogen-bond donors (Lipinski definition) is 0. The van der Waals surface area contributed by atoms with E-state index in [1.54, 1.807) is 6.08 Å². The first-order valence-electron chi connectivity index (χ1n) is 4.76. The van der Waals surface area contributed by atoms with Crippen molar-refractivity contribution in [3.63, 3.8) is 0 Å². The first-order chi connectivity index (χ1) is 7.13. The van der Waals surface area contributed by atoms with Gasteiger partial charge in [-0.2, -0.15) is 0 Å². The number of ketones is 1. The highest BCUT2D eigenvalue weighted by Gasteiger charge is 2.06. The van der Waals surface area contributed by atoms with Crippen LogP contribution in [0.1, 0.15) is 18.9 Å². The molecule has 0 aliphatic carbocycles. The van der Waals surface area contributed by atoms with Gasteiger partial charge in [-0.3, -0.25) is 4.79 Å². The summed E-state index contributed by atoms with van der Waals surface area (Å²) in [6.45, 7) is 1.91. The van der Waals surface area contributed by atoms with Gasteiger partial charge < -0.3 is 0 Å². The van der Waals surface area contributed by atoms with Crippen LogP contribution in [0.3, 0.4) is 0 Å². The molecule has 0 aliphatic heterocycles. The van der Waals surface area contributed by atoms with E-state index in [1.165, 1.54) is 12.1 Å². The lowest BCUT2D eigenvalue weighted by Gasteiger charge is -1.99. The van der Waals surface area contributed by atoms with Gasteiger partial charge in [-0.05, 0) is 24.1 Å². The molecule has 0 saturated carbocycles. The molecule has 1 aromatic carbocycles. The lowest BCUT2D eigenvalue weighted by molar-refractivity contribution is -0.114. The largest absolute Gasteiger partial charge is 0.294 e. The van der Waals surface area contributed by atoms with Gasteiger partial charge in [0.1, 0.15) is 11.6 Å². The zero-order valence-corrected chi connectivity index (χ0v) is 8.47. The first-order valence-corrected chi connectivity index (χ1v) is 4.76. The Morgan fingerprint density at radius 1 is 1.40 bits per heavy atom. The Morgan fingerprint density at radius 2 is 2.13 bits per heavy atom. The Morgan fingerprint density at radius 3 is 2.73 bits per heavy atom. The first kappa shape index (κ1) is 11.6. The summed E-state index contributed by atoms with van der Waals surface area (Å²) in [6.07, 6.45) is 3.87. The summed E-state index contributed by atoms with van der Waals surface area (Å²) in [5.41, 5.74) is 0.224. The van der Waals surface area contributed by atoms with E-state index in [0.717, 1.165) is 18.6 Å². The van der Waals surface area contributed by atoms with Crippen molar-refractivity contribution in [2.45, 2.75) is 19.8 Å². The van der Waals surface area contributed by atoms with Gasteiger partial charge in [-0.25, -0.2) is 8.78 Å². The molecular weight excluding hydrogens is 198 g/mol. The summed E-state index contributed by atoms with van der Waals surface area (Å²) in [7, 11) is 0. The minimum absolute atomic E-state index is 0.0252. The Bertz CT molecular complexity index is 383. The molecule has 1 nitrogen and oxygen atoms in total. The zero-order chi connectivity index (χ0) is 11.3. The molecule has 0 amide bonds. The van der Waals surface area contributed by atoms with Crippen molar-refractivity contribution >= 4 is 5.78 Å². The fourth-order valence-corrected chi connectivity index (χ4v) is 1.16. The van der Waals surface area contributed by atoms with Gasteiger partial charge >= 0.3 is 0 Å². The number of carbonyl (C=O) groups is 1. The number of benzene rings is 1. The van der Waals surface area contributed by atoms with E-state index in [9.17, 15) is 13.6 Å². The van der Waals surface area contributed by atoms with Crippen LogP contribution in [0, 0.1) is 11.6 Å². The van der Waals surface area contributed by atoms with Crippen molar-refractivity contribution in [2.75, 3.05) is 0 Å². The van der Waals surface area contributed by atoms with Crippen molar-refractivity contribution in [2.24, 2.45) is 0 Å². The van der Waals surface area contributed by atoms with Gasteiger partial charge in [-0.15, -0.1) is 0 Å². The fraction of sp³-hybridized carbons (Fsp3) is 0.250. The maximum atomic E-state index is 13.1. The molecule has 0 heterocycles. The van der Waals surface area contributed by atoms with Crippen molar-refractivity contribution < 1.29 is 13.6 Å². The van der Waals surface area contributed by atoms with E-state index >= 15 is 0 Å². The van der Waals surface area contributed by atoms with Crippen LogP contribution < -0.4 is 0 Å². The van der Waals surface area contributed by atoms with Crippen molar-refractivity contribution in [3.05, 3.63) is 47.5 Å². The SMILES string of the molecule is CC/C=C/C(=O)Cc1ccc(F)cc1F. The van der Waals surface area contributed by atoms with Crippen LogP contribution in [0.4, 0.5) is 8.78 Å². The van der Waals surface area contributed by atoms with E-state index in [1.807, 2.05) is 6.92 Å². The molecule has 0 radical (unpaired) electrons. The highest BCUT2D eigenvalue weighted by molar-refractivity contribution is 5.91. The summed E-state index contributed by atoms with van der Waals surface area (Å²) in [4.78, 5) is 11.3.